The van der Waals surface area contributed by atoms with E-state index >= 15 is 0 Å². The van der Waals surface area contributed by atoms with Gasteiger partial charge in [0.1, 0.15) is 0 Å². The Hall–Kier alpha value is -0.520. The van der Waals surface area contributed by atoms with Crippen LogP contribution in [0.4, 0.5) is 0 Å². The van der Waals surface area contributed by atoms with Gasteiger partial charge in [0.2, 0.25) is 0 Å². The Morgan fingerprint density at radius 1 is 1.50 bits per heavy atom. The number of rotatable bonds is 2. The van der Waals surface area contributed by atoms with E-state index in [1.165, 1.54) is 12.8 Å². The van der Waals surface area contributed by atoms with Gasteiger partial charge in [-0.25, -0.2) is 0 Å². The van der Waals surface area contributed by atoms with Crippen LogP contribution in [-0.4, -0.2) is 0 Å². The van der Waals surface area contributed by atoms with E-state index in [9.17, 15) is 0 Å². The van der Waals surface area contributed by atoms with Gasteiger partial charge in [-0.3, -0.25) is 0 Å². The molecular weight excluding hydrogens is 168 g/mol. The van der Waals surface area contributed by atoms with Crippen molar-refractivity contribution >= 4 is 0 Å². The Kier molecular flexibility index (Phi) is 3.58. The fourth-order valence-corrected chi connectivity index (χ4v) is 1.99. The van der Waals surface area contributed by atoms with E-state index in [1.807, 2.05) is 13.8 Å². The molecular formula is C14H24. The molecule has 1 fully saturated rings. The summed E-state index contributed by atoms with van der Waals surface area (Å²) < 4.78 is 0. The van der Waals surface area contributed by atoms with Gasteiger partial charge in [0.25, 0.3) is 0 Å². The van der Waals surface area contributed by atoms with Gasteiger partial charge in [-0.2, -0.15) is 0 Å². The lowest BCUT2D eigenvalue weighted by atomic mass is 9.90. The summed E-state index contributed by atoms with van der Waals surface area (Å²) in [6.07, 6.45) is 9.90. The van der Waals surface area contributed by atoms with Crippen molar-refractivity contribution in [3.63, 3.8) is 0 Å². The Morgan fingerprint density at radius 3 is 2.64 bits per heavy atom. The molecule has 1 saturated carbocycles. The maximum absolute atomic E-state index is 2.49. The minimum absolute atomic E-state index is 0.553. The molecule has 0 aromatic carbocycles. The predicted molar refractivity (Wildman–Crippen MR) is 64.2 cm³/mol. The smallest absolute Gasteiger partial charge is 0.00741 e. The van der Waals surface area contributed by atoms with Crippen LogP contribution in [0.2, 0.25) is 0 Å². The minimum atomic E-state index is 0.553. The van der Waals surface area contributed by atoms with Crippen molar-refractivity contribution in [2.75, 3.05) is 0 Å². The number of hydrogen-bond donors (Lipinski definition) is 0. The summed E-state index contributed by atoms with van der Waals surface area (Å²) in [4.78, 5) is 0. The number of hydrogen-bond acceptors (Lipinski definition) is 0. The first-order valence-electron chi connectivity index (χ1n) is 6.06. The quantitative estimate of drug-likeness (QED) is 0.600. The van der Waals surface area contributed by atoms with Crippen molar-refractivity contribution < 1.29 is 0 Å². The van der Waals surface area contributed by atoms with Crippen molar-refractivity contribution in [3.8, 4) is 0 Å². The summed E-state index contributed by atoms with van der Waals surface area (Å²) in [7, 11) is 0. The summed E-state index contributed by atoms with van der Waals surface area (Å²) in [5.74, 6) is 1.62. The maximum atomic E-state index is 2.49. The molecule has 0 bridgehead atoms. The fraction of sp³-hybridized carbons (Fsp3) is 0.714. The van der Waals surface area contributed by atoms with Crippen LogP contribution in [-0.2, 0) is 0 Å². The molecule has 3 unspecified atom stereocenters. The molecule has 0 aromatic heterocycles. The number of fused-ring (bicyclic) bond motifs is 1. The first kappa shape index (κ1) is 11.6. The van der Waals surface area contributed by atoms with Gasteiger partial charge in [-0.05, 0) is 35.7 Å². The van der Waals surface area contributed by atoms with Crippen LogP contribution in [0.15, 0.2) is 23.8 Å². The van der Waals surface area contributed by atoms with Crippen LogP contribution in [0.5, 0.6) is 0 Å². The standard InChI is InChI=1S/C12H18.C2H6/c1-4-9(2)10-5-6-12(3)8-11(12)7-10;1-2/h5-7,9,11H,4,8H2,1-3H3;1-2H3. The van der Waals surface area contributed by atoms with Crippen LogP contribution in [0, 0.1) is 17.3 Å². The lowest BCUT2D eigenvalue weighted by Gasteiger charge is -2.15. The first-order valence-corrected chi connectivity index (χ1v) is 6.06. The Balaban J connectivity index is 0.000000461. The van der Waals surface area contributed by atoms with Gasteiger partial charge < -0.3 is 0 Å². The maximum Gasteiger partial charge on any atom is -0.00741 e. The van der Waals surface area contributed by atoms with Gasteiger partial charge >= 0.3 is 0 Å². The number of allylic oxidation sites excluding steroid dienone is 4. The molecule has 0 N–H and O–H groups in total. The van der Waals surface area contributed by atoms with E-state index in [0.717, 1.165) is 11.8 Å². The Morgan fingerprint density at radius 2 is 2.14 bits per heavy atom. The average Bonchev–Trinajstić information content (AvgIpc) is 2.90. The van der Waals surface area contributed by atoms with Gasteiger partial charge in [0.15, 0.2) is 0 Å². The van der Waals surface area contributed by atoms with Gasteiger partial charge in [-0.15, -0.1) is 0 Å². The second-order valence-corrected chi connectivity index (χ2v) is 4.63. The summed E-state index contributed by atoms with van der Waals surface area (Å²) in [5.41, 5.74) is 2.12. The second kappa shape index (κ2) is 4.33. The lowest BCUT2D eigenvalue weighted by molar-refractivity contribution is 0.632. The van der Waals surface area contributed by atoms with Crippen molar-refractivity contribution in [2.45, 2.75) is 47.5 Å². The third kappa shape index (κ3) is 2.10. The molecule has 2 rings (SSSR count). The van der Waals surface area contributed by atoms with E-state index < -0.39 is 0 Å². The molecule has 14 heavy (non-hydrogen) atoms. The zero-order valence-electron chi connectivity index (χ0n) is 10.3. The topological polar surface area (TPSA) is 0 Å². The fourth-order valence-electron chi connectivity index (χ4n) is 1.99. The molecule has 0 aromatic rings. The molecule has 0 saturated heterocycles. The molecule has 2 aliphatic rings. The molecule has 0 heterocycles. The van der Waals surface area contributed by atoms with Crippen molar-refractivity contribution in [1.82, 2.24) is 0 Å². The monoisotopic (exact) mass is 192 g/mol. The van der Waals surface area contributed by atoms with E-state index in [0.29, 0.717) is 5.41 Å². The van der Waals surface area contributed by atoms with E-state index in [2.05, 4.69) is 39.0 Å². The zero-order chi connectivity index (χ0) is 10.8. The van der Waals surface area contributed by atoms with Gasteiger partial charge in [0.05, 0.1) is 0 Å². The molecule has 0 nitrogen and oxygen atoms in total. The lowest BCUT2D eigenvalue weighted by Crippen LogP contribution is -2.02. The molecule has 3 atom stereocenters. The first-order chi connectivity index (χ1) is 6.65. The van der Waals surface area contributed by atoms with Gasteiger partial charge in [0, 0.05) is 0 Å². The van der Waals surface area contributed by atoms with E-state index in [4.69, 9.17) is 0 Å². The van der Waals surface area contributed by atoms with E-state index in [-0.39, 0.29) is 0 Å². The van der Waals surface area contributed by atoms with Gasteiger partial charge in [-0.1, -0.05) is 52.8 Å². The van der Waals surface area contributed by atoms with Crippen LogP contribution >= 0.6 is 0 Å². The summed E-state index contributed by atoms with van der Waals surface area (Å²) >= 11 is 0. The highest BCUT2D eigenvalue weighted by molar-refractivity contribution is 5.35. The van der Waals surface area contributed by atoms with E-state index in [1.54, 1.807) is 5.57 Å². The van der Waals surface area contributed by atoms with Crippen molar-refractivity contribution in [1.29, 1.82) is 0 Å². The molecule has 80 valence electrons. The molecule has 2 aliphatic carbocycles. The normalized spacial score (nSPS) is 34.9. The van der Waals surface area contributed by atoms with Crippen LogP contribution in [0.3, 0.4) is 0 Å². The predicted octanol–water partition coefficient (Wildman–Crippen LogP) is 4.58. The van der Waals surface area contributed by atoms with Crippen LogP contribution in [0.1, 0.15) is 47.5 Å². The second-order valence-electron chi connectivity index (χ2n) is 4.63. The third-order valence-electron chi connectivity index (χ3n) is 3.58. The molecule has 0 radical (unpaired) electrons. The Labute approximate surface area is 89.1 Å². The largest absolute Gasteiger partial charge is 0.0777 e. The molecule has 0 spiro atoms. The van der Waals surface area contributed by atoms with Crippen molar-refractivity contribution in [2.24, 2.45) is 17.3 Å². The summed E-state index contributed by atoms with van der Waals surface area (Å²) in [6, 6.07) is 0. The SMILES string of the molecule is CC.CCC(C)C1=CC2CC2(C)C=C1. The van der Waals surface area contributed by atoms with Crippen molar-refractivity contribution in [3.05, 3.63) is 23.8 Å². The van der Waals surface area contributed by atoms with Crippen LogP contribution < -0.4 is 0 Å². The highest BCUT2D eigenvalue weighted by Gasteiger charge is 2.47. The third-order valence-corrected chi connectivity index (χ3v) is 3.58. The summed E-state index contributed by atoms with van der Waals surface area (Å²) in [6.45, 7) is 10.9. The average molecular weight is 192 g/mol. The zero-order valence-corrected chi connectivity index (χ0v) is 10.3. The molecule has 0 amide bonds. The highest BCUT2D eigenvalue weighted by Crippen LogP contribution is 2.57. The highest BCUT2D eigenvalue weighted by atomic mass is 14.5. The molecule has 0 aliphatic heterocycles. The molecule has 0 heteroatoms. The van der Waals surface area contributed by atoms with Crippen LogP contribution in [0.25, 0.3) is 0 Å². The Bertz CT molecular complexity index is 247. The minimum Gasteiger partial charge on any atom is -0.0777 e. The summed E-state index contributed by atoms with van der Waals surface area (Å²) in [5, 5.41) is 0.